The number of hydrogen-bond donors (Lipinski definition) is 1. The zero-order valence-corrected chi connectivity index (χ0v) is 20.5. The number of nitrogens with zero attached hydrogens (tertiary/aromatic N) is 2. The summed E-state index contributed by atoms with van der Waals surface area (Å²) in [6.45, 7) is 2.58. The minimum atomic E-state index is -0.0181. The minimum absolute atomic E-state index is 0.0181. The Balaban J connectivity index is 1.32. The largest absolute Gasteiger partial charge is 0.493 e. The van der Waals surface area contributed by atoms with Crippen LogP contribution >= 0.6 is 11.8 Å². The van der Waals surface area contributed by atoms with E-state index >= 15 is 0 Å². The van der Waals surface area contributed by atoms with Crippen molar-refractivity contribution in [2.45, 2.75) is 30.7 Å². The molecule has 3 aromatic rings. The summed E-state index contributed by atoms with van der Waals surface area (Å²) >= 11 is 1.50. The maximum atomic E-state index is 12.7. The Hall–Kier alpha value is -3.13. The highest BCUT2D eigenvalue weighted by molar-refractivity contribution is 8.00. The maximum absolute atomic E-state index is 12.7. The average molecular weight is 482 g/mol. The van der Waals surface area contributed by atoms with Gasteiger partial charge in [-0.3, -0.25) is 9.59 Å². The van der Waals surface area contributed by atoms with Crippen molar-refractivity contribution in [1.82, 2.24) is 14.8 Å². The van der Waals surface area contributed by atoms with Crippen LogP contribution < -0.4 is 14.8 Å². The summed E-state index contributed by atoms with van der Waals surface area (Å²) in [7, 11) is 3.22. The Morgan fingerprint density at radius 1 is 1.03 bits per heavy atom. The molecule has 0 unspecified atom stereocenters. The molecule has 1 aliphatic rings. The van der Waals surface area contributed by atoms with E-state index in [0.29, 0.717) is 36.8 Å². The first kappa shape index (κ1) is 24.0. The third-order valence-electron chi connectivity index (χ3n) is 6.06. The number of benzene rings is 2. The Labute approximate surface area is 204 Å². The first-order valence-corrected chi connectivity index (χ1v) is 12.5. The van der Waals surface area contributed by atoms with E-state index < -0.39 is 0 Å². The van der Waals surface area contributed by atoms with Crippen molar-refractivity contribution in [1.29, 1.82) is 0 Å². The first-order valence-electron chi connectivity index (χ1n) is 11.5. The molecule has 0 bridgehead atoms. The van der Waals surface area contributed by atoms with Crippen LogP contribution in [0.1, 0.15) is 18.4 Å². The lowest BCUT2D eigenvalue weighted by Crippen LogP contribution is -2.30. The van der Waals surface area contributed by atoms with Crippen molar-refractivity contribution in [3.63, 3.8) is 0 Å². The van der Waals surface area contributed by atoms with Gasteiger partial charge in [0.05, 0.1) is 20.0 Å². The first-order chi connectivity index (χ1) is 16.6. The number of rotatable bonds is 10. The van der Waals surface area contributed by atoms with Crippen LogP contribution in [0.5, 0.6) is 11.5 Å². The van der Waals surface area contributed by atoms with Gasteiger partial charge in [-0.05, 0) is 43.0 Å². The molecule has 2 aromatic carbocycles. The normalized spacial score (nSPS) is 13.3. The summed E-state index contributed by atoms with van der Waals surface area (Å²) in [6, 6.07) is 13.8. The predicted molar refractivity (Wildman–Crippen MR) is 135 cm³/mol. The van der Waals surface area contributed by atoms with Gasteiger partial charge in [-0.1, -0.05) is 24.3 Å². The number of aromatic nitrogens is 1. The summed E-state index contributed by atoms with van der Waals surface area (Å²) in [5.41, 5.74) is 2.09. The van der Waals surface area contributed by atoms with Crippen LogP contribution in [0.4, 0.5) is 0 Å². The van der Waals surface area contributed by atoms with Crippen molar-refractivity contribution in [3.05, 3.63) is 54.2 Å². The Kier molecular flexibility index (Phi) is 8.00. The quantitative estimate of drug-likeness (QED) is 0.447. The van der Waals surface area contributed by atoms with Gasteiger partial charge < -0.3 is 24.3 Å². The molecule has 7 nitrogen and oxygen atoms in total. The summed E-state index contributed by atoms with van der Waals surface area (Å²) in [5.74, 6) is 1.83. The van der Waals surface area contributed by atoms with Gasteiger partial charge in [-0.15, -0.1) is 11.8 Å². The number of hydrogen-bond acceptors (Lipinski definition) is 5. The average Bonchev–Trinajstić information content (AvgIpc) is 3.52. The summed E-state index contributed by atoms with van der Waals surface area (Å²) in [5, 5.41) is 4.06. The van der Waals surface area contributed by atoms with Crippen LogP contribution in [0.2, 0.25) is 0 Å². The second-order valence-corrected chi connectivity index (χ2v) is 9.32. The maximum Gasteiger partial charge on any atom is 0.242 e. The van der Waals surface area contributed by atoms with Crippen molar-refractivity contribution >= 4 is 34.5 Å². The lowest BCUT2D eigenvalue weighted by atomic mass is 10.1. The van der Waals surface area contributed by atoms with Gasteiger partial charge in [0.25, 0.3) is 0 Å². The minimum Gasteiger partial charge on any atom is -0.493 e. The monoisotopic (exact) mass is 481 g/mol. The van der Waals surface area contributed by atoms with Crippen molar-refractivity contribution in [2.24, 2.45) is 0 Å². The van der Waals surface area contributed by atoms with Crippen molar-refractivity contribution < 1.29 is 19.1 Å². The molecule has 4 rings (SSSR count). The molecule has 2 heterocycles. The topological polar surface area (TPSA) is 72.8 Å². The predicted octanol–water partition coefficient (Wildman–Crippen LogP) is 3.73. The van der Waals surface area contributed by atoms with Crippen LogP contribution in [0.3, 0.4) is 0 Å². The van der Waals surface area contributed by atoms with Gasteiger partial charge in [-0.25, -0.2) is 0 Å². The van der Waals surface area contributed by atoms with Crippen molar-refractivity contribution in [2.75, 3.05) is 39.6 Å². The number of ether oxygens (including phenoxy) is 2. The highest BCUT2D eigenvalue weighted by Crippen LogP contribution is 2.30. The van der Waals surface area contributed by atoms with E-state index in [-0.39, 0.29) is 11.8 Å². The second kappa shape index (κ2) is 11.3. The van der Waals surface area contributed by atoms with Gasteiger partial charge in [0.15, 0.2) is 11.5 Å². The van der Waals surface area contributed by atoms with E-state index in [1.54, 1.807) is 14.2 Å². The number of amides is 2. The van der Waals surface area contributed by atoms with Crippen LogP contribution in [0.15, 0.2) is 53.6 Å². The summed E-state index contributed by atoms with van der Waals surface area (Å²) < 4.78 is 12.6. The molecule has 1 N–H and O–H groups in total. The molecule has 1 aliphatic heterocycles. The molecule has 180 valence electrons. The molecule has 2 amide bonds. The van der Waals surface area contributed by atoms with Crippen LogP contribution in [-0.2, 0) is 22.6 Å². The molecule has 1 aromatic heterocycles. The molecule has 34 heavy (non-hydrogen) atoms. The summed E-state index contributed by atoms with van der Waals surface area (Å²) in [6.07, 6.45) is 4.87. The zero-order valence-electron chi connectivity index (χ0n) is 19.7. The Morgan fingerprint density at radius 3 is 2.56 bits per heavy atom. The van der Waals surface area contributed by atoms with Gasteiger partial charge in [0.2, 0.25) is 11.8 Å². The van der Waals surface area contributed by atoms with Gasteiger partial charge in [0.1, 0.15) is 6.54 Å². The molecule has 0 saturated carbocycles. The molecular formula is C26H31N3O4S. The number of thioether (sulfide) groups is 1. The Bertz CT molecular complexity index is 1150. The number of methoxy groups -OCH3 is 2. The third-order valence-corrected chi connectivity index (χ3v) is 7.10. The van der Waals surface area contributed by atoms with E-state index in [9.17, 15) is 9.59 Å². The number of carbonyl (C=O) groups excluding carboxylic acids is 2. The molecule has 0 spiro atoms. The lowest BCUT2D eigenvalue weighted by Gasteiger charge is -2.15. The highest BCUT2D eigenvalue weighted by atomic mass is 32.2. The second-order valence-electron chi connectivity index (χ2n) is 8.30. The fourth-order valence-corrected chi connectivity index (χ4v) is 5.17. The Morgan fingerprint density at radius 2 is 1.79 bits per heavy atom. The SMILES string of the molecule is COc1ccc(CCNC(=O)CSc2cn(CC(=O)N3CCCC3)c3ccccc23)cc1OC. The van der Waals surface area contributed by atoms with Gasteiger partial charge in [0, 0.05) is 41.6 Å². The fraction of sp³-hybridized carbons (Fsp3) is 0.385. The van der Waals surface area contributed by atoms with Crippen molar-refractivity contribution in [3.8, 4) is 11.5 Å². The third kappa shape index (κ3) is 5.67. The zero-order chi connectivity index (χ0) is 23.9. The number of likely N-dealkylation sites (tertiary alicyclic amines) is 1. The summed E-state index contributed by atoms with van der Waals surface area (Å²) in [4.78, 5) is 28.1. The molecule has 0 radical (unpaired) electrons. The van der Waals surface area contributed by atoms with E-state index in [0.717, 1.165) is 47.3 Å². The molecule has 0 atom stereocenters. The highest BCUT2D eigenvalue weighted by Gasteiger charge is 2.19. The smallest absolute Gasteiger partial charge is 0.242 e. The van der Waals surface area contributed by atoms with Gasteiger partial charge >= 0.3 is 0 Å². The number of para-hydroxylation sites is 1. The molecule has 1 fully saturated rings. The number of carbonyl (C=O) groups is 2. The van der Waals surface area contributed by atoms with Crippen LogP contribution in [-0.4, -0.2) is 60.9 Å². The van der Waals surface area contributed by atoms with E-state index in [1.165, 1.54) is 11.8 Å². The van der Waals surface area contributed by atoms with E-state index in [1.807, 2.05) is 58.1 Å². The molecule has 8 heteroatoms. The number of nitrogens with one attached hydrogen (secondary N) is 1. The standard InChI is InChI=1S/C26H31N3O4S/c1-32-22-10-9-19(15-23(22)33-2)11-12-27-25(30)18-34-24-16-29(21-8-4-3-7-20(21)24)17-26(31)28-13-5-6-14-28/h3-4,7-10,15-16H,5-6,11-14,17-18H2,1-2H3,(H,27,30). The fourth-order valence-electron chi connectivity index (χ4n) is 4.25. The lowest BCUT2D eigenvalue weighted by molar-refractivity contribution is -0.130. The van der Waals surface area contributed by atoms with Crippen LogP contribution in [0.25, 0.3) is 10.9 Å². The van der Waals surface area contributed by atoms with Gasteiger partial charge in [-0.2, -0.15) is 0 Å². The molecular weight excluding hydrogens is 450 g/mol. The van der Waals surface area contributed by atoms with Crippen LogP contribution in [0, 0.1) is 0 Å². The van der Waals surface area contributed by atoms with E-state index in [4.69, 9.17) is 9.47 Å². The molecule has 1 saturated heterocycles. The van der Waals surface area contributed by atoms with E-state index in [2.05, 4.69) is 5.32 Å². The molecule has 0 aliphatic carbocycles. The number of fused-ring (bicyclic) bond motifs is 1.